The van der Waals surface area contributed by atoms with Gasteiger partial charge in [-0.2, -0.15) is 10.1 Å². The first-order chi connectivity index (χ1) is 9.59. The molecular weight excluding hydrogens is 266 g/mol. The summed E-state index contributed by atoms with van der Waals surface area (Å²) in [5.41, 5.74) is 0.998. The molecule has 2 heterocycles. The van der Waals surface area contributed by atoms with Gasteiger partial charge in [0, 0.05) is 12.7 Å². The number of hydrogen-bond acceptors (Lipinski definition) is 6. The van der Waals surface area contributed by atoms with Gasteiger partial charge < -0.3 is 15.2 Å². The van der Waals surface area contributed by atoms with Crippen LogP contribution in [0.1, 0.15) is 16.1 Å². The number of nitrogens with zero attached hydrogens (tertiary/aromatic N) is 4. The molecule has 2 N–H and O–H groups in total. The third kappa shape index (κ3) is 3.06. The Morgan fingerprint density at radius 2 is 2.25 bits per heavy atom. The minimum Gasteiger partial charge on any atom is -0.480 e. The van der Waals surface area contributed by atoms with Crippen molar-refractivity contribution < 1.29 is 19.4 Å². The summed E-state index contributed by atoms with van der Waals surface area (Å²) in [5, 5.41) is 15.0. The first kappa shape index (κ1) is 13.9. The van der Waals surface area contributed by atoms with Crippen LogP contribution in [0.3, 0.4) is 0 Å². The van der Waals surface area contributed by atoms with E-state index in [1.54, 1.807) is 6.92 Å². The molecule has 0 aliphatic heterocycles. The number of aliphatic carboxylic acids is 1. The van der Waals surface area contributed by atoms with Crippen molar-refractivity contribution in [1.29, 1.82) is 0 Å². The molecule has 0 saturated carbocycles. The van der Waals surface area contributed by atoms with Crippen LogP contribution in [0.15, 0.2) is 12.5 Å². The van der Waals surface area contributed by atoms with Gasteiger partial charge in [0.15, 0.2) is 0 Å². The molecule has 0 aliphatic rings. The molecule has 0 aromatic carbocycles. The summed E-state index contributed by atoms with van der Waals surface area (Å²) < 4.78 is 6.28. The van der Waals surface area contributed by atoms with Gasteiger partial charge in [-0.25, -0.2) is 14.3 Å². The molecule has 0 atom stereocenters. The number of aryl methyl sites for hydroxylation is 1. The largest absolute Gasteiger partial charge is 0.480 e. The lowest BCUT2D eigenvalue weighted by atomic mass is 10.2. The second-order valence-electron chi connectivity index (χ2n) is 3.93. The first-order valence-corrected chi connectivity index (χ1v) is 5.82. The Balaban J connectivity index is 1.94. The van der Waals surface area contributed by atoms with Crippen molar-refractivity contribution in [3.63, 3.8) is 0 Å². The number of carboxylic acid groups (broad SMARTS) is 1. The summed E-state index contributed by atoms with van der Waals surface area (Å²) in [7, 11) is 0. The predicted molar refractivity (Wildman–Crippen MR) is 66.3 cm³/mol. The van der Waals surface area contributed by atoms with Crippen molar-refractivity contribution in [3.05, 3.63) is 23.8 Å². The highest BCUT2D eigenvalue weighted by Crippen LogP contribution is 2.06. The maximum atomic E-state index is 11.9. The molecule has 0 spiro atoms. The van der Waals surface area contributed by atoms with E-state index in [4.69, 9.17) is 9.84 Å². The molecule has 9 heteroatoms. The molecule has 0 radical (unpaired) electrons. The van der Waals surface area contributed by atoms with Gasteiger partial charge in [0.25, 0.3) is 11.7 Å². The molecule has 20 heavy (non-hydrogen) atoms. The number of carboxylic acids is 1. The van der Waals surface area contributed by atoms with E-state index in [1.807, 2.05) is 0 Å². The number of amides is 1. The molecule has 0 unspecified atom stereocenters. The van der Waals surface area contributed by atoms with E-state index in [2.05, 4.69) is 20.4 Å². The molecule has 0 aliphatic carbocycles. The molecule has 1 amide bonds. The van der Waals surface area contributed by atoms with Crippen molar-refractivity contribution in [2.75, 3.05) is 19.8 Å². The lowest BCUT2D eigenvalue weighted by Crippen LogP contribution is -2.29. The van der Waals surface area contributed by atoms with Crippen molar-refractivity contribution in [1.82, 2.24) is 24.9 Å². The maximum absolute atomic E-state index is 11.9. The molecule has 2 aromatic heterocycles. The van der Waals surface area contributed by atoms with E-state index >= 15 is 0 Å². The van der Waals surface area contributed by atoms with Crippen molar-refractivity contribution in [3.8, 4) is 0 Å². The summed E-state index contributed by atoms with van der Waals surface area (Å²) in [6, 6.07) is 0. The summed E-state index contributed by atoms with van der Waals surface area (Å²) >= 11 is 0. The third-order valence-corrected chi connectivity index (χ3v) is 2.55. The summed E-state index contributed by atoms with van der Waals surface area (Å²) in [4.78, 5) is 30.1. The topological polar surface area (TPSA) is 119 Å². The summed E-state index contributed by atoms with van der Waals surface area (Å²) in [5.74, 6) is -0.955. The standard InChI is InChI=1S/C11H13N5O4/c1-7-8(4-13-11-14-6-15-16(7)11)10(19)12-2-3-20-5-9(17)18/h4,6H,2-3,5H2,1H3,(H,12,19)(H,17,18). The predicted octanol–water partition coefficient (Wildman–Crippen LogP) is -0.736. The van der Waals surface area contributed by atoms with Crippen LogP contribution in [-0.4, -0.2) is 56.3 Å². The molecule has 0 bridgehead atoms. The highest BCUT2D eigenvalue weighted by Gasteiger charge is 2.13. The van der Waals surface area contributed by atoms with Crippen LogP contribution in [0.5, 0.6) is 0 Å². The smallest absolute Gasteiger partial charge is 0.329 e. The van der Waals surface area contributed by atoms with Crippen LogP contribution in [0, 0.1) is 6.92 Å². The van der Waals surface area contributed by atoms with Crippen molar-refractivity contribution in [2.24, 2.45) is 0 Å². The Kier molecular flexibility index (Phi) is 4.20. The summed E-state index contributed by atoms with van der Waals surface area (Å²) in [6.07, 6.45) is 2.78. The van der Waals surface area contributed by atoms with Crippen LogP contribution in [0.4, 0.5) is 0 Å². The molecule has 0 fully saturated rings. The molecule has 0 saturated heterocycles. The molecular formula is C11H13N5O4. The third-order valence-electron chi connectivity index (χ3n) is 2.55. The highest BCUT2D eigenvalue weighted by molar-refractivity contribution is 5.95. The van der Waals surface area contributed by atoms with E-state index in [0.717, 1.165) is 0 Å². The zero-order valence-electron chi connectivity index (χ0n) is 10.7. The number of hydrogen-bond donors (Lipinski definition) is 2. The fourth-order valence-electron chi connectivity index (χ4n) is 1.60. The SMILES string of the molecule is Cc1c(C(=O)NCCOCC(=O)O)cnc2ncnn12. The van der Waals surface area contributed by atoms with Gasteiger partial charge >= 0.3 is 5.97 Å². The Morgan fingerprint density at radius 1 is 1.45 bits per heavy atom. The number of carbonyl (C=O) groups excluding carboxylic acids is 1. The second kappa shape index (κ2) is 6.06. The van der Waals surface area contributed by atoms with Gasteiger partial charge in [-0.1, -0.05) is 0 Å². The molecule has 106 valence electrons. The van der Waals surface area contributed by atoms with E-state index in [-0.39, 0.29) is 25.7 Å². The van der Waals surface area contributed by atoms with Crippen LogP contribution >= 0.6 is 0 Å². The van der Waals surface area contributed by atoms with Gasteiger partial charge in [0.2, 0.25) is 0 Å². The number of nitrogens with one attached hydrogen (secondary N) is 1. The number of ether oxygens (including phenoxy) is 1. The average molecular weight is 279 g/mol. The van der Waals surface area contributed by atoms with Gasteiger partial charge in [-0.15, -0.1) is 0 Å². The van der Waals surface area contributed by atoms with Gasteiger partial charge in [-0.05, 0) is 6.92 Å². The number of rotatable bonds is 6. The normalized spacial score (nSPS) is 10.7. The molecule has 9 nitrogen and oxygen atoms in total. The van der Waals surface area contributed by atoms with Crippen LogP contribution < -0.4 is 5.32 Å². The lowest BCUT2D eigenvalue weighted by molar-refractivity contribution is -0.142. The molecule has 2 rings (SSSR count). The van der Waals surface area contributed by atoms with Crippen molar-refractivity contribution in [2.45, 2.75) is 6.92 Å². The van der Waals surface area contributed by atoms with E-state index < -0.39 is 5.97 Å². The number of fused-ring (bicyclic) bond motifs is 1. The number of aromatic nitrogens is 4. The van der Waals surface area contributed by atoms with Gasteiger partial charge in [0.05, 0.1) is 17.9 Å². The van der Waals surface area contributed by atoms with Crippen molar-refractivity contribution >= 4 is 17.7 Å². The van der Waals surface area contributed by atoms with Crippen LogP contribution in [-0.2, 0) is 9.53 Å². The monoisotopic (exact) mass is 279 g/mol. The Morgan fingerprint density at radius 3 is 3.00 bits per heavy atom. The minimum absolute atomic E-state index is 0.121. The second-order valence-corrected chi connectivity index (χ2v) is 3.93. The Labute approximate surface area is 113 Å². The summed E-state index contributed by atoms with van der Waals surface area (Å²) in [6.45, 7) is 1.68. The first-order valence-electron chi connectivity index (χ1n) is 5.82. The lowest BCUT2D eigenvalue weighted by Gasteiger charge is -2.08. The van der Waals surface area contributed by atoms with E-state index in [9.17, 15) is 9.59 Å². The fourth-order valence-corrected chi connectivity index (χ4v) is 1.60. The zero-order chi connectivity index (χ0) is 14.5. The van der Waals surface area contributed by atoms with Crippen LogP contribution in [0.25, 0.3) is 5.78 Å². The molecule has 2 aromatic rings. The Bertz CT molecular complexity index is 639. The number of carbonyl (C=O) groups is 2. The Hall–Kier alpha value is -2.55. The average Bonchev–Trinajstić information content (AvgIpc) is 2.87. The van der Waals surface area contributed by atoms with Gasteiger partial charge in [0.1, 0.15) is 12.9 Å². The van der Waals surface area contributed by atoms with E-state index in [0.29, 0.717) is 17.0 Å². The highest BCUT2D eigenvalue weighted by atomic mass is 16.5. The fraction of sp³-hybridized carbons (Fsp3) is 0.364. The van der Waals surface area contributed by atoms with Gasteiger partial charge in [-0.3, -0.25) is 4.79 Å². The van der Waals surface area contributed by atoms with Crippen LogP contribution in [0.2, 0.25) is 0 Å². The maximum Gasteiger partial charge on any atom is 0.329 e. The van der Waals surface area contributed by atoms with E-state index in [1.165, 1.54) is 17.0 Å². The zero-order valence-corrected chi connectivity index (χ0v) is 10.7. The minimum atomic E-state index is -1.05. The quantitative estimate of drug-likeness (QED) is 0.668.